The van der Waals surface area contributed by atoms with Crippen molar-refractivity contribution in [3.8, 4) is 11.1 Å². The lowest BCUT2D eigenvalue weighted by Gasteiger charge is -2.12. The monoisotopic (exact) mass is 284 g/mol. The van der Waals surface area contributed by atoms with E-state index in [1.165, 1.54) is 0 Å². The van der Waals surface area contributed by atoms with Crippen LogP contribution in [0.3, 0.4) is 0 Å². The average Bonchev–Trinajstić information content (AvgIpc) is 2.48. The summed E-state index contributed by atoms with van der Waals surface area (Å²) in [6.07, 6.45) is -0.0627. The smallest absolute Gasteiger partial charge is 0.310 e. The lowest BCUT2D eigenvalue weighted by atomic mass is 9.92. The Morgan fingerprint density at radius 1 is 0.857 bits per heavy atom. The zero-order chi connectivity index (χ0) is 15.2. The molecule has 0 heterocycles. The number of hydrogen-bond acceptors (Lipinski definition) is 2. The van der Waals surface area contributed by atoms with E-state index < -0.39 is 17.9 Å². The van der Waals surface area contributed by atoms with Crippen LogP contribution in [0, 0.1) is 0 Å². The predicted octanol–water partition coefficient (Wildman–Crippen LogP) is 3.39. The summed E-state index contributed by atoms with van der Waals surface area (Å²) >= 11 is 0. The van der Waals surface area contributed by atoms with Crippen molar-refractivity contribution < 1.29 is 19.8 Å². The Hall–Kier alpha value is -2.62. The van der Waals surface area contributed by atoms with E-state index in [0.29, 0.717) is 5.56 Å². The van der Waals surface area contributed by atoms with Crippen molar-refractivity contribution in [2.24, 2.45) is 0 Å². The van der Waals surface area contributed by atoms with E-state index >= 15 is 0 Å². The maximum Gasteiger partial charge on any atom is 0.310 e. The molecule has 21 heavy (non-hydrogen) atoms. The van der Waals surface area contributed by atoms with Gasteiger partial charge in [-0.1, -0.05) is 54.6 Å². The van der Waals surface area contributed by atoms with Gasteiger partial charge in [0.25, 0.3) is 0 Å². The third kappa shape index (κ3) is 3.92. The fourth-order valence-corrected chi connectivity index (χ4v) is 2.24. The number of hydrogen-bond donors (Lipinski definition) is 2. The summed E-state index contributed by atoms with van der Waals surface area (Å²) in [4.78, 5) is 21.9. The molecule has 0 aliphatic carbocycles. The summed E-state index contributed by atoms with van der Waals surface area (Å²) in [5, 5.41) is 17.9. The van der Waals surface area contributed by atoms with Crippen LogP contribution in [0.1, 0.15) is 24.3 Å². The van der Waals surface area contributed by atoms with Crippen LogP contribution < -0.4 is 0 Å². The summed E-state index contributed by atoms with van der Waals surface area (Å²) in [6, 6.07) is 17.0. The zero-order valence-electron chi connectivity index (χ0n) is 11.4. The highest BCUT2D eigenvalue weighted by Crippen LogP contribution is 2.25. The number of rotatable bonds is 6. The van der Waals surface area contributed by atoms with Crippen LogP contribution >= 0.6 is 0 Å². The van der Waals surface area contributed by atoms with Gasteiger partial charge in [0.05, 0.1) is 5.92 Å². The largest absolute Gasteiger partial charge is 0.481 e. The molecule has 2 aromatic carbocycles. The molecule has 0 spiro atoms. The molecule has 4 heteroatoms. The predicted molar refractivity (Wildman–Crippen MR) is 79.1 cm³/mol. The first-order chi connectivity index (χ1) is 10.1. The van der Waals surface area contributed by atoms with Gasteiger partial charge in [-0.2, -0.15) is 0 Å². The van der Waals surface area contributed by atoms with Gasteiger partial charge in [0, 0.05) is 6.42 Å². The third-order valence-electron chi connectivity index (χ3n) is 3.37. The van der Waals surface area contributed by atoms with Gasteiger partial charge >= 0.3 is 11.9 Å². The van der Waals surface area contributed by atoms with Crippen molar-refractivity contribution >= 4 is 11.9 Å². The Labute approximate surface area is 122 Å². The lowest BCUT2D eigenvalue weighted by Crippen LogP contribution is -2.13. The second-order valence-corrected chi connectivity index (χ2v) is 4.81. The van der Waals surface area contributed by atoms with E-state index in [2.05, 4.69) is 0 Å². The van der Waals surface area contributed by atoms with Crippen molar-refractivity contribution in [2.45, 2.75) is 18.8 Å². The zero-order valence-corrected chi connectivity index (χ0v) is 11.4. The van der Waals surface area contributed by atoms with Crippen LogP contribution in [0.25, 0.3) is 11.1 Å². The van der Waals surface area contributed by atoms with Crippen molar-refractivity contribution in [1.82, 2.24) is 0 Å². The van der Waals surface area contributed by atoms with Gasteiger partial charge < -0.3 is 10.2 Å². The molecule has 0 aromatic heterocycles. The number of benzene rings is 2. The molecule has 1 atom stereocenters. The molecule has 2 aromatic rings. The molecule has 108 valence electrons. The summed E-state index contributed by atoms with van der Waals surface area (Å²) in [5.74, 6) is -2.77. The minimum Gasteiger partial charge on any atom is -0.481 e. The van der Waals surface area contributed by atoms with Gasteiger partial charge in [-0.25, -0.2) is 0 Å². The van der Waals surface area contributed by atoms with E-state index in [-0.39, 0.29) is 12.8 Å². The van der Waals surface area contributed by atoms with E-state index in [9.17, 15) is 14.7 Å². The number of aliphatic carboxylic acids is 2. The van der Waals surface area contributed by atoms with Gasteiger partial charge in [0.2, 0.25) is 0 Å². The van der Waals surface area contributed by atoms with Crippen LogP contribution in [0.5, 0.6) is 0 Å². The molecule has 0 aliphatic heterocycles. The van der Waals surface area contributed by atoms with Crippen molar-refractivity contribution in [3.05, 3.63) is 60.2 Å². The highest BCUT2D eigenvalue weighted by molar-refractivity contribution is 5.78. The molecule has 4 nitrogen and oxygen atoms in total. The molecule has 0 fully saturated rings. The molecule has 2 rings (SSSR count). The Morgan fingerprint density at radius 2 is 1.43 bits per heavy atom. The molecule has 0 aliphatic rings. The third-order valence-corrected chi connectivity index (χ3v) is 3.37. The van der Waals surface area contributed by atoms with E-state index in [0.717, 1.165) is 11.1 Å². The van der Waals surface area contributed by atoms with Gasteiger partial charge in [0.15, 0.2) is 0 Å². The normalized spacial score (nSPS) is 11.8. The number of carboxylic acids is 2. The SMILES string of the molecule is O=C(O)CC[C@H](C(=O)O)c1ccc(-c2ccccc2)cc1. The van der Waals surface area contributed by atoms with Gasteiger partial charge in [-0.15, -0.1) is 0 Å². The van der Waals surface area contributed by atoms with E-state index in [4.69, 9.17) is 5.11 Å². The lowest BCUT2D eigenvalue weighted by molar-refractivity contribution is -0.140. The molecule has 0 amide bonds. The minimum atomic E-state index is -0.997. The highest BCUT2D eigenvalue weighted by atomic mass is 16.4. The van der Waals surface area contributed by atoms with Crippen molar-refractivity contribution in [1.29, 1.82) is 0 Å². The Morgan fingerprint density at radius 3 is 1.95 bits per heavy atom. The topological polar surface area (TPSA) is 74.6 Å². The first-order valence-corrected chi connectivity index (χ1v) is 6.68. The van der Waals surface area contributed by atoms with Crippen LogP contribution in [-0.4, -0.2) is 22.2 Å². The molecular weight excluding hydrogens is 268 g/mol. The molecule has 0 saturated carbocycles. The fourth-order valence-electron chi connectivity index (χ4n) is 2.24. The first kappa shape index (κ1) is 14.8. The van der Waals surface area contributed by atoms with Crippen LogP contribution in [0.4, 0.5) is 0 Å². The molecule has 0 unspecified atom stereocenters. The summed E-state index contributed by atoms with van der Waals surface area (Å²) < 4.78 is 0. The molecule has 2 N–H and O–H groups in total. The summed E-state index contributed by atoms with van der Waals surface area (Å²) in [6.45, 7) is 0. The van der Waals surface area contributed by atoms with Crippen LogP contribution in [0.2, 0.25) is 0 Å². The summed E-state index contributed by atoms with van der Waals surface area (Å²) in [7, 11) is 0. The van der Waals surface area contributed by atoms with Crippen molar-refractivity contribution in [2.75, 3.05) is 0 Å². The maximum atomic E-state index is 11.3. The Bertz CT molecular complexity index is 617. The van der Waals surface area contributed by atoms with Gasteiger partial charge in [-0.3, -0.25) is 9.59 Å². The standard InChI is InChI=1S/C17H16O4/c18-16(19)11-10-15(17(20)21)14-8-6-13(7-9-14)12-4-2-1-3-5-12/h1-9,15H,10-11H2,(H,18,19)(H,20,21)/t15-/m0/s1. The second-order valence-electron chi connectivity index (χ2n) is 4.81. The Balaban J connectivity index is 2.19. The average molecular weight is 284 g/mol. The van der Waals surface area contributed by atoms with E-state index in [1.54, 1.807) is 12.1 Å². The minimum absolute atomic E-state index is 0.0926. The number of carbonyl (C=O) groups is 2. The van der Waals surface area contributed by atoms with Gasteiger partial charge in [0.1, 0.15) is 0 Å². The maximum absolute atomic E-state index is 11.3. The molecular formula is C17H16O4. The fraction of sp³-hybridized carbons (Fsp3) is 0.176. The van der Waals surface area contributed by atoms with Gasteiger partial charge in [-0.05, 0) is 23.1 Å². The second kappa shape index (κ2) is 6.70. The molecule has 0 saturated heterocycles. The number of carboxylic acid groups (broad SMARTS) is 2. The highest BCUT2D eigenvalue weighted by Gasteiger charge is 2.20. The van der Waals surface area contributed by atoms with E-state index in [1.807, 2.05) is 42.5 Å². The van der Waals surface area contributed by atoms with Crippen LogP contribution in [0.15, 0.2) is 54.6 Å². The van der Waals surface area contributed by atoms with Crippen molar-refractivity contribution in [3.63, 3.8) is 0 Å². The quantitative estimate of drug-likeness (QED) is 0.852. The van der Waals surface area contributed by atoms with Crippen LogP contribution in [-0.2, 0) is 9.59 Å². The molecule has 0 bridgehead atoms. The molecule has 0 radical (unpaired) electrons. The Kier molecular flexibility index (Phi) is 4.72. The summed E-state index contributed by atoms with van der Waals surface area (Å²) in [5.41, 5.74) is 2.69. The first-order valence-electron chi connectivity index (χ1n) is 6.68.